The summed E-state index contributed by atoms with van der Waals surface area (Å²) < 4.78 is 16.5. The van der Waals surface area contributed by atoms with Crippen LogP contribution in [0.15, 0.2) is 22.7 Å². The van der Waals surface area contributed by atoms with Crippen LogP contribution in [0.4, 0.5) is 4.39 Å². The molecular weight excluding hydrogens is 359 g/mol. The molecular formula is C14H17BrClFN4. The zero-order valence-corrected chi connectivity index (χ0v) is 14.2. The van der Waals surface area contributed by atoms with Crippen molar-refractivity contribution in [2.45, 2.75) is 25.8 Å². The lowest BCUT2D eigenvalue weighted by Crippen LogP contribution is -2.31. The largest absolute Gasteiger partial charge is 0.271 e. The summed E-state index contributed by atoms with van der Waals surface area (Å²) in [5, 5.41) is 4.98. The Bertz CT molecular complexity index is 644. The molecule has 2 aromatic rings. The molecule has 4 nitrogen and oxygen atoms in total. The van der Waals surface area contributed by atoms with Gasteiger partial charge < -0.3 is 0 Å². The molecule has 1 heterocycles. The van der Waals surface area contributed by atoms with Crippen LogP contribution in [0.5, 0.6) is 0 Å². The number of aromatic nitrogens is 2. The van der Waals surface area contributed by atoms with Crippen molar-refractivity contribution in [3.8, 4) is 0 Å². The summed E-state index contributed by atoms with van der Waals surface area (Å²) in [4.78, 5) is 0. The number of nitrogens with zero attached hydrogens (tertiary/aromatic N) is 2. The van der Waals surface area contributed by atoms with Crippen molar-refractivity contribution in [2.75, 3.05) is 0 Å². The van der Waals surface area contributed by atoms with E-state index in [0.717, 1.165) is 22.3 Å². The van der Waals surface area contributed by atoms with Gasteiger partial charge in [-0.2, -0.15) is 5.10 Å². The highest BCUT2D eigenvalue weighted by molar-refractivity contribution is 9.10. The molecule has 1 aromatic heterocycles. The van der Waals surface area contributed by atoms with Gasteiger partial charge in [-0.25, -0.2) is 4.39 Å². The summed E-state index contributed by atoms with van der Waals surface area (Å²) >= 11 is 9.68. The van der Waals surface area contributed by atoms with E-state index in [1.54, 1.807) is 16.8 Å². The molecule has 1 aromatic carbocycles. The van der Waals surface area contributed by atoms with Gasteiger partial charge >= 0.3 is 0 Å². The van der Waals surface area contributed by atoms with E-state index in [4.69, 9.17) is 17.4 Å². The third-order valence-corrected chi connectivity index (χ3v) is 4.36. The molecule has 7 heteroatoms. The molecule has 0 fully saturated rings. The first-order chi connectivity index (χ1) is 9.97. The Kier molecular flexibility index (Phi) is 5.37. The topological polar surface area (TPSA) is 55.9 Å². The third-order valence-electron chi connectivity index (χ3n) is 3.44. The minimum atomic E-state index is -0.389. The van der Waals surface area contributed by atoms with E-state index >= 15 is 0 Å². The number of aryl methyl sites for hydroxylation is 2. The van der Waals surface area contributed by atoms with E-state index in [1.807, 2.05) is 14.0 Å². The lowest BCUT2D eigenvalue weighted by atomic mass is 10.0. The van der Waals surface area contributed by atoms with Gasteiger partial charge in [0, 0.05) is 23.5 Å². The monoisotopic (exact) mass is 374 g/mol. The van der Waals surface area contributed by atoms with Crippen molar-refractivity contribution in [1.29, 1.82) is 0 Å². The standard InChI is InChI=1S/C14H17BrClFN4/c1-3-11-14(16)13(21(2)20-11)7-12(19-18)9-6-8(15)4-5-10(9)17/h4-6,12,19H,3,7,18H2,1-2H3. The first-order valence-corrected chi connectivity index (χ1v) is 7.76. The lowest BCUT2D eigenvalue weighted by molar-refractivity contribution is 0.497. The minimum Gasteiger partial charge on any atom is -0.271 e. The van der Waals surface area contributed by atoms with Crippen molar-refractivity contribution in [3.63, 3.8) is 0 Å². The summed E-state index contributed by atoms with van der Waals surface area (Å²) in [5.41, 5.74) is 4.81. The first kappa shape index (κ1) is 16.4. The van der Waals surface area contributed by atoms with Crippen LogP contribution in [0.1, 0.15) is 29.9 Å². The normalized spacial score (nSPS) is 12.7. The number of hydrogen-bond donors (Lipinski definition) is 2. The molecule has 114 valence electrons. The van der Waals surface area contributed by atoms with Gasteiger partial charge in [-0.15, -0.1) is 0 Å². The second kappa shape index (κ2) is 6.87. The van der Waals surface area contributed by atoms with Crippen molar-refractivity contribution >= 4 is 27.5 Å². The molecule has 0 amide bonds. The van der Waals surface area contributed by atoms with Crippen LogP contribution in [0.25, 0.3) is 0 Å². The quantitative estimate of drug-likeness (QED) is 0.623. The third kappa shape index (κ3) is 3.45. The van der Waals surface area contributed by atoms with Gasteiger partial charge in [0.15, 0.2) is 0 Å². The second-order valence-electron chi connectivity index (χ2n) is 4.77. The molecule has 0 saturated heterocycles. The number of nitrogens with two attached hydrogens (primary N) is 1. The number of nitrogens with one attached hydrogen (secondary N) is 1. The zero-order chi connectivity index (χ0) is 15.6. The number of hydrogen-bond acceptors (Lipinski definition) is 3. The summed E-state index contributed by atoms with van der Waals surface area (Å²) in [6, 6.07) is 4.38. The smallest absolute Gasteiger partial charge is 0.128 e. The summed E-state index contributed by atoms with van der Waals surface area (Å²) in [6.07, 6.45) is 1.20. The van der Waals surface area contributed by atoms with Gasteiger partial charge in [0.25, 0.3) is 0 Å². The molecule has 0 aliphatic heterocycles. The molecule has 0 spiro atoms. The fourth-order valence-corrected chi connectivity index (χ4v) is 3.02. The Labute approximate surface area is 136 Å². The Morgan fingerprint density at radius 1 is 1.52 bits per heavy atom. The minimum absolute atomic E-state index is 0.310. The van der Waals surface area contributed by atoms with Gasteiger partial charge in [-0.3, -0.25) is 16.0 Å². The maximum Gasteiger partial charge on any atom is 0.128 e. The Morgan fingerprint density at radius 3 is 2.81 bits per heavy atom. The highest BCUT2D eigenvalue weighted by Crippen LogP contribution is 2.28. The molecule has 0 saturated carbocycles. The molecule has 0 bridgehead atoms. The summed E-state index contributed by atoms with van der Waals surface area (Å²) in [7, 11) is 1.82. The first-order valence-electron chi connectivity index (χ1n) is 6.59. The molecule has 0 aliphatic carbocycles. The molecule has 3 N–H and O–H groups in total. The highest BCUT2D eigenvalue weighted by Gasteiger charge is 2.21. The van der Waals surface area contributed by atoms with Crippen LogP contribution in [-0.4, -0.2) is 9.78 Å². The van der Waals surface area contributed by atoms with Crippen LogP contribution in [0.2, 0.25) is 5.02 Å². The Hall–Kier alpha value is -0.950. The van der Waals surface area contributed by atoms with E-state index in [-0.39, 0.29) is 11.9 Å². The fraction of sp³-hybridized carbons (Fsp3) is 0.357. The number of rotatable bonds is 5. The van der Waals surface area contributed by atoms with Crippen LogP contribution in [-0.2, 0) is 19.9 Å². The lowest BCUT2D eigenvalue weighted by Gasteiger charge is -2.18. The van der Waals surface area contributed by atoms with Gasteiger partial charge in [0.05, 0.1) is 22.5 Å². The maximum absolute atomic E-state index is 14.0. The van der Waals surface area contributed by atoms with Crippen molar-refractivity contribution in [1.82, 2.24) is 15.2 Å². The number of hydrazine groups is 1. The van der Waals surface area contributed by atoms with Crippen LogP contribution >= 0.6 is 27.5 Å². The predicted octanol–water partition coefficient (Wildman–Crippen LogP) is 3.28. The van der Waals surface area contributed by atoms with E-state index < -0.39 is 0 Å². The van der Waals surface area contributed by atoms with Crippen molar-refractivity contribution < 1.29 is 4.39 Å². The van der Waals surface area contributed by atoms with E-state index in [0.29, 0.717) is 17.0 Å². The number of benzene rings is 1. The van der Waals surface area contributed by atoms with Crippen molar-refractivity contribution in [3.05, 3.63) is 50.5 Å². The van der Waals surface area contributed by atoms with E-state index in [2.05, 4.69) is 26.5 Å². The molecule has 0 radical (unpaired) electrons. The van der Waals surface area contributed by atoms with Gasteiger partial charge in [0.2, 0.25) is 0 Å². The second-order valence-corrected chi connectivity index (χ2v) is 6.07. The molecule has 21 heavy (non-hydrogen) atoms. The zero-order valence-electron chi connectivity index (χ0n) is 11.8. The summed E-state index contributed by atoms with van der Waals surface area (Å²) in [6.45, 7) is 1.99. The van der Waals surface area contributed by atoms with Crippen molar-refractivity contribution in [2.24, 2.45) is 12.9 Å². The van der Waals surface area contributed by atoms with Gasteiger partial charge in [-0.05, 0) is 24.6 Å². The molecule has 1 unspecified atom stereocenters. The summed E-state index contributed by atoms with van der Waals surface area (Å²) in [5.74, 6) is 5.30. The average Bonchev–Trinajstić information content (AvgIpc) is 2.74. The molecule has 1 atom stereocenters. The SMILES string of the molecule is CCc1nn(C)c(CC(NN)c2cc(Br)ccc2F)c1Cl. The Morgan fingerprint density at radius 2 is 2.24 bits per heavy atom. The van der Waals surface area contributed by atoms with Gasteiger partial charge in [-0.1, -0.05) is 34.5 Å². The maximum atomic E-state index is 14.0. The fourth-order valence-electron chi connectivity index (χ4n) is 2.28. The molecule has 2 rings (SSSR count). The van der Waals surface area contributed by atoms with Crippen LogP contribution in [0.3, 0.4) is 0 Å². The predicted molar refractivity (Wildman–Crippen MR) is 85.5 cm³/mol. The average molecular weight is 376 g/mol. The Balaban J connectivity index is 2.36. The highest BCUT2D eigenvalue weighted by atomic mass is 79.9. The molecule has 0 aliphatic rings. The number of halogens is 3. The van der Waals surface area contributed by atoms with E-state index in [1.165, 1.54) is 6.07 Å². The van der Waals surface area contributed by atoms with Gasteiger partial charge in [0.1, 0.15) is 5.82 Å². The van der Waals surface area contributed by atoms with Crippen LogP contribution < -0.4 is 11.3 Å². The van der Waals surface area contributed by atoms with E-state index in [9.17, 15) is 4.39 Å². The van der Waals surface area contributed by atoms with Crippen LogP contribution in [0, 0.1) is 5.82 Å².